The zero-order valence-electron chi connectivity index (χ0n) is 6.84. The van der Waals surface area contributed by atoms with Gasteiger partial charge in [0.1, 0.15) is 0 Å². The van der Waals surface area contributed by atoms with Crippen molar-refractivity contribution < 1.29 is 4.79 Å². The lowest BCUT2D eigenvalue weighted by atomic mass is 10.1. The largest absolute Gasteiger partial charge is 0.269 e. The van der Waals surface area contributed by atoms with E-state index in [0.717, 1.165) is 11.3 Å². The lowest BCUT2D eigenvalue weighted by Gasteiger charge is -2.04. The van der Waals surface area contributed by atoms with E-state index in [4.69, 9.17) is 0 Å². The maximum atomic E-state index is 10.7. The van der Waals surface area contributed by atoms with Crippen LogP contribution >= 0.6 is 0 Å². The van der Waals surface area contributed by atoms with Gasteiger partial charge in [0.25, 0.3) is 5.91 Å². The lowest BCUT2D eigenvalue weighted by Crippen LogP contribution is -2.09. The van der Waals surface area contributed by atoms with Crippen LogP contribution in [0.4, 0.5) is 0 Å². The normalized spacial score (nSPS) is 15.1. The molecule has 2 heterocycles. The molecule has 0 fully saturated rings. The summed E-state index contributed by atoms with van der Waals surface area (Å²) in [6.45, 7) is 0. The molecule has 0 saturated heterocycles. The zero-order valence-corrected chi connectivity index (χ0v) is 6.84. The molecule has 0 spiro atoms. The third kappa shape index (κ3) is 1.64. The zero-order chi connectivity index (χ0) is 9.10. The van der Waals surface area contributed by atoms with Crippen LogP contribution in [0.2, 0.25) is 0 Å². The molecule has 0 saturated carbocycles. The highest BCUT2D eigenvalue weighted by Crippen LogP contribution is 2.13. The summed E-state index contributed by atoms with van der Waals surface area (Å²) >= 11 is 0. The van der Waals surface area contributed by atoms with E-state index in [9.17, 15) is 4.79 Å². The van der Waals surface area contributed by atoms with Gasteiger partial charge in [0.15, 0.2) is 0 Å². The third-order valence-electron chi connectivity index (χ3n) is 1.70. The third-order valence-corrected chi connectivity index (χ3v) is 1.70. The molecule has 3 nitrogen and oxygen atoms in total. The van der Waals surface area contributed by atoms with Gasteiger partial charge in [0.2, 0.25) is 0 Å². The quantitative estimate of drug-likeness (QED) is 0.635. The fourth-order valence-corrected chi connectivity index (χ4v) is 1.07. The van der Waals surface area contributed by atoms with Crippen molar-refractivity contribution in [3.63, 3.8) is 0 Å². The Hall–Kier alpha value is -1.90. The van der Waals surface area contributed by atoms with Crippen LogP contribution in [-0.2, 0) is 4.79 Å². The van der Waals surface area contributed by atoms with Crippen LogP contribution in [0.5, 0.6) is 0 Å². The first-order valence-electron chi connectivity index (χ1n) is 3.91. The van der Waals surface area contributed by atoms with E-state index < -0.39 is 0 Å². The monoisotopic (exact) mass is 171 g/mol. The van der Waals surface area contributed by atoms with E-state index in [-0.39, 0.29) is 5.91 Å². The molecule has 1 aliphatic rings. The molecule has 1 amide bonds. The van der Waals surface area contributed by atoms with Crippen LogP contribution in [0.25, 0.3) is 5.57 Å². The predicted octanol–water partition coefficient (Wildman–Crippen LogP) is 1.12. The number of amides is 1. The van der Waals surface area contributed by atoms with Crippen molar-refractivity contribution in [1.29, 1.82) is 0 Å². The molecule has 1 aliphatic heterocycles. The fraction of sp³-hybridized carbons (Fsp3) is 0. The van der Waals surface area contributed by atoms with Crippen LogP contribution in [0.3, 0.4) is 0 Å². The SMILES string of the molecule is O=C1C=CC(c2ccccn2)=C[N]1. The molecule has 0 aromatic carbocycles. The first-order valence-corrected chi connectivity index (χ1v) is 3.91. The van der Waals surface area contributed by atoms with Gasteiger partial charge in [-0.1, -0.05) is 6.07 Å². The summed E-state index contributed by atoms with van der Waals surface area (Å²) in [5, 5.41) is 3.66. The van der Waals surface area contributed by atoms with Crippen LogP contribution in [0.1, 0.15) is 5.69 Å². The number of aromatic nitrogens is 1. The van der Waals surface area contributed by atoms with Gasteiger partial charge in [-0.2, -0.15) is 0 Å². The Morgan fingerprint density at radius 1 is 1.15 bits per heavy atom. The predicted molar refractivity (Wildman–Crippen MR) is 48.5 cm³/mol. The molecular weight excluding hydrogens is 164 g/mol. The fourth-order valence-electron chi connectivity index (χ4n) is 1.07. The van der Waals surface area contributed by atoms with Crippen molar-refractivity contribution >= 4 is 11.5 Å². The van der Waals surface area contributed by atoms with Gasteiger partial charge >= 0.3 is 0 Å². The summed E-state index contributed by atoms with van der Waals surface area (Å²) in [6.07, 6.45) is 6.40. The second kappa shape index (κ2) is 3.23. The number of hydrogen-bond donors (Lipinski definition) is 0. The van der Waals surface area contributed by atoms with E-state index >= 15 is 0 Å². The van der Waals surface area contributed by atoms with Crippen molar-refractivity contribution in [1.82, 2.24) is 10.3 Å². The highest BCUT2D eigenvalue weighted by atomic mass is 16.1. The maximum absolute atomic E-state index is 10.7. The molecule has 1 aromatic heterocycles. The lowest BCUT2D eigenvalue weighted by molar-refractivity contribution is -0.115. The number of rotatable bonds is 1. The number of hydrogen-bond acceptors (Lipinski definition) is 2. The smallest absolute Gasteiger partial charge is 0.267 e. The first kappa shape index (κ1) is 7.73. The summed E-state index contributed by atoms with van der Waals surface area (Å²) in [4.78, 5) is 14.9. The molecule has 0 atom stereocenters. The summed E-state index contributed by atoms with van der Waals surface area (Å²) in [6, 6.07) is 5.62. The molecule has 0 unspecified atom stereocenters. The Morgan fingerprint density at radius 3 is 2.69 bits per heavy atom. The first-order chi connectivity index (χ1) is 6.36. The standard InChI is InChI=1S/C10H7N2O/c13-10-5-4-8(7-12-10)9-3-1-2-6-11-9/h1-7H. The van der Waals surface area contributed by atoms with E-state index in [2.05, 4.69) is 10.3 Å². The van der Waals surface area contributed by atoms with E-state index in [1.165, 1.54) is 12.3 Å². The van der Waals surface area contributed by atoms with Gasteiger partial charge in [-0.25, -0.2) is 5.32 Å². The molecule has 1 aromatic rings. The van der Waals surface area contributed by atoms with Gasteiger partial charge in [0, 0.05) is 24.0 Å². The summed E-state index contributed by atoms with van der Waals surface area (Å²) < 4.78 is 0. The van der Waals surface area contributed by atoms with Gasteiger partial charge in [0.05, 0.1) is 5.69 Å². The van der Waals surface area contributed by atoms with Crippen LogP contribution < -0.4 is 5.32 Å². The molecule has 63 valence electrons. The number of carbonyl (C=O) groups excluding carboxylic acids is 1. The number of pyridine rings is 1. The van der Waals surface area contributed by atoms with Crippen molar-refractivity contribution in [3.05, 3.63) is 48.4 Å². The highest BCUT2D eigenvalue weighted by Gasteiger charge is 2.06. The van der Waals surface area contributed by atoms with Crippen LogP contribution in [0.15, 0.2) is 42.7 Å². The minimum absolute atomic E-state index is 0.223. The molecule has 3 heteroatoms. The molecule has 13 heavy (non-hydrogen) atoms. The Labute approximate surface area is 75.8 Å². The number of nitrogens with zero attached hydrogens (tertiary/aromatic N) is 2. The Kier molecular flexibility index (Phi) is 1.92. The van der Waals surface area contributed by atoms with E-state index in [1.807, 2.05) is 18.2 Å². The average molecular weight is 171 g/mol. The molecule has 0 N–H and O–H groups in total. The van der Waals surface area contributed by atoms with Crippen molar-refractivity contribution in [3.8, 4) is 0 Å². The number of allylic oxidation sites excluding steroid dienone is 2. The van der Waals surface area contributed by atoms with E-state index in [1.54, 1.807) is 12.3 Å². The molecule has 1 radical (unpaired) electrons. The Balaban J connectivity index is 2.30. The molecule has 0 aliphatic carbocycles. The minimum atomic E-state index is -0.223. The van der Waals surface area contributed by atoms with Gasteiger partial charge in [-0.3, -0.25) is 9.78 Å². The van der Waals surface area contributed by atoms with Crippen molar-refractivity contribution in [2.45, 2.75) is 0 Å². The summed E-state index contributed by atoms with van der Waals surface area (Å²) in [7, 11) is 0. The average Bonchev–Trinajstić information content (AvgIpc) is 2.20. The van der Waals surface area contributed by atoms with Crippen molar-refractivity contribution in [2.24, 2.45) is 0 Å². The van der Waals surface area contributed by atoms with Crippen molar-refractivity contribution in [2.75, 3.05) is 0 Å². The second-order valence-electron chi connectivity index (χ2n) is 2.60. The van der Waals surface area contributed by atoms with Crippen LogP contribution in [-0.4, -0.2) is 10.9 Å². The van der Waals surface area contributed by atoms with Gasteiger partial charge < -0.3 is 0 Å². The Bertz CT molecular complexity index is 379. The minimum Gasteiger partial charge on any atom is -0.267 e. The highest BCUT2D eigenvalue weighted by molar-refractivity contribution is 5.95. The second-order valence-corrected chi connectivity index (χ2v) is 2.60. The van der Waals surface area contributed by atoms with Gasteiger partial charge in [-0.05, 0) is 18.2 Å². The topological polar surface area (TPSA) is 44.1 Å². The summed E-state index contributed by atoms with van der Waals surface area (Å²) in [5.41, 5.74) is 1.69. The van der Waals surface area contributed by atoms with E-state index in [0.29, 0.717) is 0 Å². The number of carbonyl (C=O) groups is 1. The summed E-state index contributed by atoms with van der Waals surface area (Å²) in [5.74, 6) is -0.223. The molecular formula is C10H7N2O. The molecule has 2 rings (SSSR count). The maximum Gasteiger partial charge on any atom is 0.269 e. The van der Waals surface area contributed by atoms with Gasteiger partial charge in [-0.15, -0.1) is 0 Å². The Morgan fingerprint density at radius 2 is 2.08 bits per heavy atom. The van der Waals surface area contributed by atoms with Crippen LogP contribution in [0, 0.1) is 0 Å². The molecule has 0 bridgehead atoms.